The first kappa shape index (κ1) is 11.8. The molecule has 6 heteroatoms. The maximum absolute atomic E-state index is 11.0. The lowest BCUT2D eigenvalue weighted by Crippen LogP contribution is -2.21. The van der Waals surface area contributed by atoms with Gasteiger partial charge in [-0.2, -0.15) is 5.26 Å². The number of nitrogens with zero attached hydrogens (tertiary/aromatic N) is 2. The summed E-state index contributed by atoms with van der Waals surface area (Å²) in [5.74, 6) is 0.366. The van der Waals surface area contributed by atoms with Gasteiger partial charge in [-0.05, 0) is 6.07 Å². The van der Waals surface area contributed by atoms with Gasteiger partial charge in [-0.1, -0.05) is 0 Å². The van der Waals surface area contributed by atoms with Crippen LogP contribution in [0.3, 0.4) is 0 Å². The molecule has 84 valence electrons. The van der Waals surface area contributed by atoms with Gasteiger partial charge in [-0.15, -0.1) is 0 Å². The van der Waals surface area contributed by atoms with Crippen LogP contribution in [0, 0.1) is 11.3 Å². The van der Waals surface area contributed by atoms with Crippen LogP contribution in [0.4, 0.5) is 11.5 Å². The van der Waals surface area contributed by atoms with E-state index < -0.39 is 0 Å². The van der Waals surface area contributed by atoms with E-state index in [4.69, 9.17) is 11.0 Å². The number of carbonyl (C=O) groups is 1. The van der Waals surface area contributed by atoms with Gasteiger partial charge in [0, 0.05) is 26.2 Å². The lowest BCUT2D eigenvalue weighted by atomic mass is 10.2. The van der Waals surface area contributed by atoms with Crippen molar-refractivity contribution in [2.24, 2.45) is 0 Å². The number of anilines is 2. The van der Waals surface area contributed by atoms with E-state index in [-0.39, 0.29) is 5.91 Å². The second-order valence-electron chi connectivity index (χ2n) is 3.08. The van der Waals surface area contributed by atoms with Gasteiger partial charge in [-0.25, -0.2) is 4.98 Å². The first-order chi connectivity index (χ1) is 7.69. The van der Waals surface area contributed by atoms with E-state index in [0.717, 1.165) is 0 Å². The molecule has 1 amide bonds. The fourth-order valence-electron chi connectivity index (χ4n) is 1.13. The standard InChI is InChI=1S/C10H13N5O/c1-13-8(16)3-5-15-10-9(12)7(6-11)2-4-14-10/h2,4H,3,5,12H2,1H3,(H,13,16)(H,14,15). The third kappa shape index (κ3) is 2.85. The molecule has 0 radical (unpaired) electrons. The third-order valence-corrected chi connectivity index (χ3v) is 2.03. The number of aromatic nitrogens is 1. The van der Waals surface area contributed by atoms with Gasteiger partial charge in [0.15, 0.2) is 5.82 Å². The second-order valence-corrected chi connectivity index (χ2v) is 3.08. The Bertz CT molecular complexity index is 424. The molecule has 0 saturated carbocycles. The molecule has 1 aromatic rings. The summed E-state index contributed by atoms with van der Waals surface area (Å²) in [5.41, 5.74) is 6.38. The maximum atomic E-state index is 11.0. The number of carbonyl (C=O) groups excluding carboxylic acids is 1. The lowest BCUT2D eigenvalue weighted by Gasteiger charge is -2.08. The number of hydrogen-bond donors (Lipinski definition) is 3. The van der Waals surface area contributed by atoms with Gasteiger partial charge < -0.3 is 16.4 Å². The first-order valence-electron chi connectivity index (χ1n) is 4.78. The number of hydrogen-bond acceptors (Lipinski definition) is 5. The first-order valence-corrected chi connectivity index (χ1v) is 4.78. The predicted molar refractivity (Wildman–Crippen MR) is 60.5 cm³/mol. The highest BCUT2D eigenvalue weighted by Crippen LogP contribution is 2.18. The highest BCUT2D eigenvalue weighted by atomic mass is 16.1. The molecule has 0 spiro atoms. The molecule has 16 heavy (non-hydrogen) atoms. The SMILES string of the molecule is CNC(=O)CCNc1nccc(C#N)c1N. The van der Waals surface area contributed by atoms with E-state index >= 15 is 0 Å². The summed E-state index contributed by atoms with van der Waals surface area (Å²) < 4.78 is 0. The molecule has 4 N–H and O–H groups in total. The van der Waals surface area contributed by atoms with Crippen LogP contribution in [0.15, 0.2) is 12.3 Å². The fraction of sp³-hybridized carbons (Fsp3) is 0.300. The van der Waals surface area contributed by atoms with E-state index in [1.807, 2.05) is 6.07 Å². The number of nitriles is 1. The molecule has 0 aromatic carbocycles. The van der Waals surface area contributed by atoms with Gasteiger partial charge in [0.05, 0.1) is 11.3 Å². The number of nitrogens with two attached hydrogens (primary N) is 1. The Morgan fingerprint density at radius 1 is 1.69 bits per heavy atom. The number of pyridine rings is 1. The van der Waals surface area contributed by atoms with E-state index in [1.165, 1.54) is 6.20 Å². The number of nitrogens with one attached hydrogen (secondary N) is 2. The molecule has 1 rings (SSSR count). The number of nitrogen functional groups attached to an aromatic ring is 1. The van der Waals surface area contributed by atoms with Crippen LogP contribution in [-0.2, 0) is 4.79 Å². The largest absolute Gasteiger partial charge is 0.395 e. The topological polar surface area (TPSA) is 104 Å². The highest BCUT2D eigenvalue weighted by Gasteiger charge is 2.05. The third-order valence-electron chi connectivity index (χ3n) is 2.03. The molecular weight excluding hydrogens is 206 g/mol. The summed E-state index contributed by atoms with van der Waals surface area (Å²) in [7, 11) is 1.57. The molecule has 1 heterocycles. The van der Waals surface area contributed by atoms with Gasteiger partial charge in [0.1, 0.15) is 6.07 Å². The Balaban J connectivity index is 2.61. The van der Waals surface area contributed by atoms with Crippen molar-refractivity contribution in [2.75, 3.05) is 24.6 Å². The molecule has 1 aromatic heterocycles. The van der Waals surface area contributed by atoms with Crippen molar-refractivity contribution in [3.63, 3.8) is 0 Å². The van der Waals surface area contributed by atoms with Crippen molar-refractivity contribution in [2.45, 2.75) is 6.42 Å². The molecule has 6 nitrogen and oxygen atoms in total. The van der Waals surface area contributed by atoms with Crippen molar-refractivity contribution in [1.82, 2.24) is 10.3 Å². The molecule has 0 saturated heterocycles. The lowest BCUT2D eigenvalue weighted by molar-refractivity contribution is -0.120. The van der Waals surface area contributed by atoms with Crippen LogP contribution in [-0.4, -0.2) is 24.5 Å². The Kier molecular flexibility index (Phi) is 4.09. The average Bonchev–Trinajstić information content (AvgIpc) is 2.31. The van der Waals surface area contributed by atoms with Gasteiger partial charge in [-0.3, -0.25) is 4.79 Å². The quantitative estimate of drug-likeness (QED) is 0.665. The van der Waals surface area contributed by atoms with E-state index in [0.29, 0.717) is 30.0 Å². The molecule has 0 atom stereocenters. The minimum atomic E-state index is -0.0671. The zero-order valence-electron chi connectivity index (χ0n) is 8.95. The molecule has 0 aliphatic heterocycles. The van der Waals surface area contributed by atoms with Crippen LogP contribution < -0.4 is 16.4 Å². The average molecular weight is 219 g/mol. The summed E-state index contributed by atoms with van der Waals surface area (Å²) >= 11 is 0. The molecular formula is C10H13N5O. The van der Waals surface area contributed by atoms with Crippen molar-refractivity contribution in [3.8, 4) is 6.07 Å². The Morgan fingerprint density at radius 3 is 3.06 bits per heavy atom. The van der Waals surface area contributed by atoms with Crippen LogP contribution in [0.2, 0.25) is 0 Å². The molecule has 0 aliphatic rings. The minimum absolute atomic E-state index is 0.0671. The Hall–Kier alpha value is -2.29. The maximum Gasteiger partial charge on any atom is 0.221 e. The minimum Gasteiger partial charge on any atom is -0.395 e. The van der Waals surface area contributed by atoms with Crippen molar-refractivity contribution in [1.29, 1.82) is 5.26 Å². The predicted octanol–water partition coefficient (Wildman–Crippen LogP) is 0.0835. The van der Waals surface area contributed by atoms with Crippen molar-refractivity contribution < 1.29 is 4.79 Å². The second kappa shape index (κ2) is 5.56. The zero-order chi connectivity index (χ0) is 12.0. The molecule has 0 unspecified atom stereocenters. The van der Waals surface area contributed by atoms with Crippen LogP contribution in [0.5, 0.6) is 0 Å². The van der Waals surface area contributed by atoms with E-state index in [1.54, 1.807) is 13.1 Å². The van der Waals surface area contributed by atoms with Gasteiger partial charge in [0.25, 0.3) is 0 Å². The van der Waals surface area contributed by atoms with Crippen molar-refractivity contribution in [3.05, 3.63) is 17.8 Å². The summed E-state index contributed by atoms with van der Waals surface area (Å²) in [6, 6.07) is 3.50. The summed E-state index contributed by atoms with van der Waals surface area (Å²) in [6.07, 6.45) is 1.82. The Labute approximate surface area is 93.5 Å². The van der Waals surface area contributed by atoms with Gasteiger partial charge in [0.2, 0.25) is 5.91 Å². The van der Waals surface area contributed by atoms with Gasteiger partial charge >= 0.3 is 0 Å². The highest BCUT2D eigenvalue weighted by molar-refractivity contribution is 5.76. The zero-order valence-corrected chi connectivity index (χ0v) is 8.95. The molecule has 0 aliphatic carbocycles. The molecule has 0 fully saturated rings. The monoisotopic (exact) mass is 219 g/mol. The summed E-state index contributed by atoms with van der Waals surface area (Å²) in [4.78, 5) is 14.9. The van der Waals surface area contributed by atoms with Crippen LogP contribution >= 0.6 is 0 Å². The normalized spacial score (nSPS) is 9.25. The molecule has 0 bridgehead atoms. The number of rotatable bonds is 4. The van der Waals surface area contributed by atoms with Crippen LogP contribution in [0.1, 0.15) is 12.0 Å². The summed E-state index contributed by atoms with van der Waals surface area (Å²) in [5, 5.41) is 14.2. The fourth-order valence-corrected chi connectivity index (χ4v) is 1.13. The number of amides is 1. The van der Waals surface area contributed by atoms with Crippen LogP contribution in [0.25, 0.3) is 0 Å². The van der Waals surface area contributed by atoms with E-state index in [9.17, 15) is 4.79 Å². The van der Waals surface area contributed by atoms with Crippen molar-refractivity contribution >= 4 is 17.4 Å². The van der Waals surface area contributed by atoms with E-state index in [2.05, 4.69) is 15.6 Å². The Morgan fingerprint density at radius 2 is 2.44 bits per heavy atom. The summed E-state index contributed by atoms with van der Waals surface area (Å²) in [6.45, 7) is 0.422. The smallest absolute Gasteiger partial charge is 0.221 e.